The number of H-pyrrole nitrogens is 1. The zero-order valence-electron chi connectivity index (χ0n) is 20.4. The highest BCUT2D eigenvalue weighted by Gasteiger charge is 2.32. The van der Waals surface area contributed by atoms with E-state index in [0.29, 0.717) is 19.1 Å². The second-order valence-corrected chi connectivity index (χ2v) is 11.1. The van der Waals surface area contributed by atoms with Crippen LogP contribution >= 0.6 is 0 Å². The number of aromatic amines is 1. The number of hydrogen-bond acceptors (Lipinski definition) is 4. The van der Waals surface area contributed by atoms with Crippen molar-refractivity contribution >= 4 is 16.9 Å². The molecule has 34 heavy (non-hydrogen) atoms. The van der Waals surface area contributed by atoms with Crippen LogP contribution in [0, 0.1) is 5.41 Å². The lowest BCUT2D eigenvalue weighted by atomic mass is 9.86. The van der Waals surface area contributed by atoms with E-state index in [1.807, 2.05) is 31.9 Å². The van der Waals surface area contributed by atoms with Gasteiger partial charge in [0.2, 0.25) is 5.91 Å². The van der Waals surface area contributed by atoms with Crippen LogP contribution in [0.2, 0.25) is 0 Å². The fourth-order valence-corrected chi connectivity index (χ4v) is 5.50. The van der Waals surface area contributed by atoms with Crippen molar-refractivity contribution < 1.29 is 9.53 Å². The molecule has 6 heteroatoms. The maximum atomic E-state index is 13.1. The predicted octanol–water partition coefficient (Wildman–Crippen LogP) is 4.70. The molecule has 1 unspecified atom stereocenters. The molecule has 0 bridgehead atoms. The van der Waals surface area contributed by atoms with Crippen LogP contribution in [0.4, 0.5) is 0 Å². The smallest absolute Gasteiger partial charge is 0.228 e. The van der Waals surface area contributed by atoms with Gasteiger partial charge >= 0.3 is 0 Å². The molecule has 2 N–H and O–H groups in total. The third-order valence-corrected chi connectivity index (χ3v) is 7.52. The van der Waals surface area contributed by atoms with Gasteiger partial charge in [-0.3, -0.25) is 4.79 Å². The summed E-state index contributed by atoms with van der Waals surface area (Å²) < 4.78 is 5.84. The van der Waals surface area contributed by atoms with Gasteiger partial charge in [-0.1, -0.05) is 26.8 Å². The van der Waals surface area contributed by atoms with Crippen LogP contribution < -0.4 is 5.32 Å². The van der Waals surface area contributed by atoms with Gasteiger partial charge in [0, 0.05) is 48.4 Å². The number of fused-ring (bicyclic) bond motifs is 2. The van der Waals surface area contributed by atoms with Crippen LogP contribution in [0.5, 0.6) is 0 Å². The molecule has 1 saturated carbocycles. The van der Waals surface area contributed by atoms with E-state index >= 15 is 0 Å². The highest BCUT2D eigenvalue weighted by molar-refractivity contribution is 5.86. The number of pyridine rings is 1. The number of nitrogens with zero attached hydrogens (tertiary/aromatic N) is 2. The summed E-state index contributed by atoms with van der Waals surface area (Å²) in [6.07, 6.45) is 7.55. The van der Waals surface area contributed by atoms with Gasteiger partial charge < -0.3 is 19.9 Å². The number of rotatable bonds is 3. The van der Waals surface area contributed by atoms with E-state index < -0.39 is 0 Å². The first-order valence-electron chi connectivity index (χ1n) is 12.6. The number of carbonyl (C=O) groups excluding carboxylic acids is 1. The van der Waals surface area contributed by atoms with E-state index in [1.54, 1.807) is 0 Å². The van der Waals surface area contributed by atoms with Crippen molar-refractivity contribution in [2.75, 3.05) is 26.3 Å². The summed E-state index contributed by atoms with van der Waals surface area (Å²) in [7, 11) is 0. The zero-order valence-corrected chi connectivity index (χ0v) is 20.4. The van der Waals surface area contributed by atoms with Gasteiger partial charge in [-0.15, -0.1) is 0 Å². The van der Waals surface area contributed by atoms with Crippen molar-refractivity contribution in [1.82, 2.24) is 20.2 Å². The van der Waals surface area contributed by atoms with Crippen molar-refractivity contribution in [2.45, 2.75) is 58.5 Å². The molecule has 4 heterocycles. The molecule has 3 aromatic rings. The molecule has 1 amide bonds. The fourth-order valence-electron chi connectivity index (χ4n) is 5.50. The Balaban J connectivity index is 1.42. The van der Waals surface area contributed by atoms with Crippen molar-refractivity contribution in [2.24, 2.45) is 5.41 Å². The lowest BCUT2D eigenvalue weighted by molar-refractivity contribution is -0.140. The van der Waals surface area contributed by atoms with Gasteiger partial charge in [-0.05, 0) is 65.1 Å². The van der Waals surface area contributed by atoms with Crippen LogP contribution in [-0.2, 0) is 22.5 Å². The Kier molecular flexibility index (Phi) is 5.26. The zero-order chi connectivity index (χ0) is 23.4. The molecule has 2 aliphatic heterocycles. The van der Waals surface area contributed by atoms with Crippen LogP contribution in [-0.4, -0.2) is 47.1 Å². The number of nitrogens with one attached hydrogen (secondary N) is 2. The van der Waals surface area contributed by atoms with E-state index in [-0.39, 0.29) is 17.4 Å². The Morgan fingerprint density at radius 3 is 2.74 bits per heavy atom. The number of carbonyl (C=O) groups is 1. The monoisotopic (exact) mass is 458 g/mol. The normalized spacial score (nSPS) is 21.0. The highest BCUT2D eigenvalue weighted by atomic mass is 16.5. The fraction of sp³-hybridized carbons (Fsp3) is 0.500. The van der Waals surface area contributed by atoms with Crippen molar-refractivity contribution in [1.29, 1.82) is 0 Å². The predicted molar refractivity (Wildman–Crippen MR) is 134 cm³/mol. The van der Waals surface area contributed by atoms with Crippen LogP contribution in [0.1, 0.15) is 67.8 Å². The largest absolute Gasteiger partial charge is 0.378 e. The lowest BCUT2D eigenvalue weighted by Gasteiger charge is -2.36. The highest BCUT2D eigenvalue weighted by Crippen LogP contribution is 2.43. The van der Waals surface area contributed by atoms with Crippen LogP contribution in [0.3, 0.4) is 0 Å². The third-order valence-electron chi connectivity index (χ3n) is 7.52. The molecule has 2 aromatic heterocycles. The van der Waals surface area contributed by atoms with E-state index in [0.717, 1.165) is 37.3 Å². The maximum Gasteiger partial charge on any atom is 0.228 e. The number of ether oxygens (including phenoxy) is 1. The van der Waals surface area contributed by atoms with Crippen molar-refractivity contribution in [3.63, 3.8) is 0 Å². The van der Waals surface area contributed by atoms with Gasteiger partial charge in [-0.25, -0.2) is 4.98 Å². The summed E-state index contributed by atoms with van der Waals surface area (Å²) in [6, 6.07) is 7.08. The molecule has 0 spiro atoms. The second-order valence-electron chi connectivity index (χ2n) is 11.1. The Morgan fingerprint density at radius 1 is 1.15 bits per heavy atom. The minimum atomic E-state index is -0.374. The second kappa shape index (κ2) is 8.21. The minimum Gasteiger partial charge on any atom is -0.378 e. The molecule has 1 saturated heterocycles. The van der Waals surface area contributed by atoms with Gasteiger partial charge in [0.25, 0.3) is 0 Å². The van der Waals surface area contributed by atoms with Crippen LogP contribution in [0.25, 0.3) is 22.2 Å². The first-order chi connectivity index (χ1) is 16.4. The van der Waals surface area contributed by atoms with Crippen molar-refractivity contribution in [3.05, 3.63) is 52.8 Å². The summed E-state index contributed by atoms with van der Waals surface area (Å²) in [5, 5.41) is 4.90. The molecule has 6 rings (SSSR count). The van der Waals surface area contributed by atoms with Gasteiger partial charge in [0.1, 0.15) is 5.65 Å². The van der Waals surface area contributed by atoms with E-state index in [2.05, 4.69) is 34.7 Å². The third kappa shape index (κ3) is 3.93. The van der Waals surface area contributed by atoms with Crippen molar-refractivity contribution in [3.8, 4) is 11.1 Å². The number of amides is 1. The average Bonchev–Trinajstić information content (AvgIpc) is 3.61. The number of benzene rings is 1. The molecule has 1 atom stereocenters. The summed E-state index contributed by atoms with van der Waals surface area (Å²) in [5.41, 5.74) is 8.25. The average molecular weight is 459 g/mol. The SMILES string of the molecule is CC(C)(C)C(=O)N1CCc2cc(-c3cnc4[nH]cc(C5CC5)c4c3)cc(C3COCCN3)c2C1. The summed E-state index contributed by atoms with van der Waals surface area (Å²) >= 11 is 0. The molecular formula is C28H34N4O2. The van der Waals surface area contributed by atoms with E-state index in [4.69, 9.17) is 9.72 Å². The van der Waals surface area contributed by atoms with Gasteiger partial charge in [0.05, 0.1) is 19.3 Å². The van der Waals surface area contributed by atoms with Gasteiger partial charge in [-0.2, -0.15) is 0 Å². The van der Waals surface area contributed by atoms with Crippen LogP contribution in [0.15, 0.2) is 30.6 Å². The molecule has 1 aromatic carbocycles. The Hall–Kier alpha value is -2.70. The van der Waals surface area contributed by atoms with E-state index in [9.17, 15) is 4.79 Å². The first-order valence-corrected chi connectivity index (χ1v) is 12.6. The lowest BCUT2D eigenvalue weighted by Crippen LogP contribution is -2.43. The number of aromatic nitrogens is 2. The maximum absolute atomic E-state index is 13.1. The van der Waals surface area contributed by atoms with E-state index in [1.165, 1.54) is 46.0 Å². The minimum absolute atomic E-state index is 0.137. The molecule has 1 aliphatic carbocycles. The molecule has 0 radical (unpaired) electrons. The Labute approximate surface area is 201 Å². The quantitative estimate of drug-likeness (QED) is 0.597. The van der Waals surface area contributed by atoms with Gasteiger partial charge in [0.15, 0.2) is 0 Å². The topological polar surface area (TPSA) is 70.2 Å². The molecule has 2 fully saturated rings. The Bertz CT molecular complexity index is 1250. The number of hydrogen-bond donors (Lipinski definition) is 2. The summed E-state index contributed by atoms with van der Waals surface area (Å²) in [5.74, 6) is 0.899. The Morgan fingerprint density at radius 2 is 2.00 bits per heavy atom. The molecule has 3 aliphatic rings. The summed E-state index contributed by atoms with van der Waals surface area (Å²) in [4.78, 5) is 23.2. The number of morpholine rings is 1. The molecular weight excluding hydrogens is 424 g/mol. The standard InChI is InChI=1S/C28H34N4O2/c1-28(2,3)27(33)32-8-6-18-10-19(11-21(24(18)15-32)25-16-34-9-7-29-25)20-12-22-23(17-4-5-17)14-31-26(22)30-13-20/h10-14,17,25,29H,4-9,15-16H2,1-3H3,(H,30,31). The molecule has 178 valence electrons. The first kappa shape index (κ1) is 21.8. The molecule has 6 nitrogen and oxygen atoms in total. The summed E-state index contributed by atoms with van der Waals surface area (Å²) in [6.45, 7) is 9.69.